The minimum Gasteiger partial charge on any atom is -0.354 e. The van der Waals surface area contributed by atoms with Gasteiger partial charge < -0.3 is 10.2 Å². The summed E-state index contributed by atoms with van der Waals surface area (Å²) in [6.07, 6.45) is 2.17. The van der Waals surface area contributed by atoms with Crippen LogP contribution in [0.1, 0.15) is 52.5 Å². The Labute approximate surface area is 210 Å². The minimum atomic E-state index is -0.212. The number of hydrogen-bond acceptors (Lipinski definition) is 7. The number of aryl methyl sites for hydroxylation is 2. The molecule has 1 fully saturated rings. The highest BCUT2D eigenvalue weighted by atomic mass is 35.5. The molecule has 1 amide bonds. The van der Waals surface area contributed by atoms with Crippen LogP contribution in [0, 0.1) is 13.8 Å². The van der Waals surface area contributed by atoms with Crippen LogP contribution in [0.15, 0.2) is 30.5 Å². The molecule has 1 aliphatic rings. The Bertz CT molecular complexity index is 1160. The summed E-state index contributed by atoms with van der Waals surface area (Å²) >= 11 is 7.62. The van der Waals surface area contributed by atoms with Crippen LogP contribution in [0.25, 0.3) is 0 Å². The van der Waals surface area contributed by atoms with Crippen LogP contribution in [0.5, 0.6) is 0 Å². The highest BCUT2D eigenvalue weighted by Crippen LogP contribution is 2.27. The predicted octanol–water partition coefficient (Wildman–Crippen LogP) is 4.97. The quantitative estimate of drug-likeness (QED) is 0.535. The SMILES string of the molecule is Cc1nc(Cc2ncc(C(=O)Nc3c(C)cccc3Cl)s2)cc(N2CCN(C(C)(C)C)CC2)n1. The first kappa shape index (κ1) is 24.6. The van der Waals surface area contributed by atoms with Gasteiger partial charge in [-0.25, -0.2) is 15.0 Å². The van der Waals surface area contributed by atoms with Gasteiger partial charge >= 0.3 is 0 Å². The molecule has 0 radical (unpaired) electrons. The standard InChI is InChI=1S/C25H31ClN6OS/c1-16-7-6-8-19(26)23(16)30-24(33)20-15-27-22(34-20)14-18-13-21(29-17(2)28-18)31-9-11-32(12-10-31)25(3,4)5/h6-8,13,15H,9-12,14H2,1-5H3,(H,30,33). The largest absolute Gasteiger partial charge is 0.354 e. The molecule has 0 unspecified atom stereocenters. The Kier molecular flexibility index (Phi) is 7.21. The summed E-state index contributed by atoms with van der Waals surface area (Å²) in [4.78, 5) is 31.9. The van der Waals surface area contributed by atoms with Gasteiger partial charge in [0.05, 0.1) is 27.6 Å². The predicted molar refractivity (Wildman–Crippen MR) is 139 cm³/mol. The number of benzene rings is 1. The van der Waals surface area contributed by atoms with Crippen LogP contribution in [0.2, 0.25) is 5.02 Å². The van der Waals surface area contributed by atoms with Crippen molar-refractivity contribution in [3.8, 4) is 0 Å². The number of piperazine rings is 1. The Balaban J connectivity index is 1.44. The zero-order chi connectivity index (χ0) is 24.5. The number of carbonyl (C=O) groups is 1. The smallest absolute Gasteiger partial charge is 0.267 e. The molecule has 1 N–H and O–H groups in total. The Hall–Kier alpha value is -2.55. The van der Waals surface area contributed by atoms with E-state index in [-0.39, 0.29) is 11.4 Å². The molecular weight excluding hydrogens is 468 g/mol. The van der Waals surface area contributed by atoms with Gasteiger partial charge in [-0.05, 0) is 46.2 Å². The normalized spacial score (nSPS) is 14.9. The topological polar surface area (TPSA) is 74.2 Å². The summed E-state index contributed by atoms with van der Waals surface area (Å²) in [5.41, 5.74) is 2.63. The van der Waals surface area contributed by atoms with Crippen molar-refractivity contribution in [2.45, 2.75) is 46.6 Å². The number of nitrogens with zero attached hydrogens (tertiary/aromatic N) is 5. The zero-order valence-corrected chi connectivity index (χ0v) is 21.9. The summed E-state index contributed by atoms with van der Waals surface area (Å²) in [5.74, 6) is 1.49. The first-order valence-electron chi connectivity index (χ1n) is 11.5. The van der Waals surface area contributed by atoms with E-state index in [1.807, 2.05) is 32.0 Å². The van der Waals surface area contributed by atoms with Crippen molar-refractivity contribution in [3.63, 3.8) is 0 Å². The maximum absolute atomic E-state index is 12.8. The molecule has 34 heavy (non-hydrogen) atoms. The van der Waals surface area contributed by atoms with Crippen LogP contribution >= 0.6 is 22.9 Å². The molecule has 0 atom stereocenters. The third kappa shape index (κ3) is 5.74. The Morgan fingerprint density at radius 3 is 2.56 bits per heavy atom. The van der Waals surface area contributed by atoms with E-state index >= 15 is 0 Å². The molecule has 1 aliphatic heterocycles. The van der Waals surface area contributed by atoms with E-state index in [1.54, 1.807) is 12.3 Å². The van der Waals surface area contributed by atoms with Crippen LogP contribution in [0.3, 0.4) is 0 Å². The third-order valence-corrected chi connectivity index (χ3v) is 7.31. The van der Waals surface area contributed by atoms with Gasteiger partial charge in [0, 0.05) is 44.2 Å². The number of carbonyl (C=O) groups excluding carboxylic acids is 1. The average molecular weight is 499 g/mol. The van der Waals surface area contributed by atoms with E-state index in [4.69, 9.17) is 11.6 Å². The molecular formula is C25H31ClN6OS. The molecule has 3 aromatic rings. The number of rotatable bonds is 5. The minimum absolute atomic E-state index is 0.179. The molecule has 0 spiro atoms. The van der Waals surface area contributed by atoms with Crippen molar-refractivity contribution in [2.75, 3.05) is 36.4 Å². The molecule has 4 rings (SSSR count). The van der Waals surface area contributed by atoms with Gasteiger partial charge in [0.1, 0.15) is 16.5 Å². The molecule has 0 aliphatic carbocycles. The summed E-state index contributed by atoms with van der Waals surface area (Å²) in [6.45, 7) is 14.5. The van der Waals surface area contributed by atoms with Gasteiger partial charge in [-0.15, -0.1) is 11.3 Å². The van der Waals surface area contributed by atoms with Crippen LogP contribution in [-0.4, -0.2) is 57.5 Å². The van der Waals surface area contributed by atoms with Gasteiger partial charge in [-0.2, -0.15) is 0 Å². The summed E-state index contributed by atoms with van der Waals surface area (Å²) in [7, 11) is 0. The molecule has 7 nitrogen and oxygen atoms in total. The second kappa shape index (κ2) is 9.98. The first-order chi connectivity index (χ1) is 16.1. The van der Waals surface area contributed by atoms with Gasteiger partial charge in [-0.3, -0.25) is 9.69 Å². The highest BCUT2D eigenvalue weighted by molar-refractivity contribution is 7.13. The van der Waals surface area contributed by atoms with E-state index < -0.39 is 0 Å². The fraction of sp³-hybridized carbons (Fsp3) is 0.440. The molecule has 2 aromatic heterocycles. The molecule has 3 heterocycles. The summed E-state index contributed by atoms with van der Waals surface area (Å²) < 4.78 is 0. The lowest BCUT2D eigenvalue weighted by atomic mass is 10.0. The van der Waals surface area contributed by atoms with E-state index in [0.29, 0.717) is 22.0 Å². The monoisotopic (exact) mass is 498 g/mol. The number of nitrogens with one attached hydrogen (secondary N) is 1. The van der Waals surface area contributed by atoms with Crippen LogP contribution < -0.4 is 10.2 Å². The number of hydrogen-bond donors (Lipinski definition) is 1. The molecule has 1 aromatic carbocycles. The number of amides is 1. The average Bonchev–Trinajstić information content (AvgIpc) is 3.24. The van der Waals surface area contributed by atoms with E-state index in [2.05, 4.69) is 50.8 Å². The lowest BCUT2D eigenvalue weighted by Gasteiger charge is -2.42. The zero-order valence-electron chi connectivity index (χ0n) is 20.4. The van der Waals surface area contributed by atoms with Gasteiger partial charge in [0.15, 0.2) is 0 Å². The van der Waals surface area contributed by atoms with Crippen LogP contribution in [0.4, 0.5) is 11.5 Å². The molecule has 180 valence electrons. The maximum atomic E-state index is 12.8. The number of halogens is 1. The highest BCUT2D eigenvalue weighted by Gasteiger charge is 2.26. The number of anilines is 2. The van der Waals surface area contributed by atoms with Gasteiger partial charge in [0.2, 0.25) is 0 Å². The number of aromatic nitrogens is 3. The van der Waals surface area contributed by atoms with Crippen molar-refractivity contribution in [3.05, 3.63) is 62.5 Å². The first-order valence-corrected chi connectivity index (χ1v) is 12.7. The molecule has 0 bridgehead atoms. The van der Waals surface area contributed by atoms with Crippen molar-refractivity contribution < 1.29 is 4.79 Å². The summed E-state index contributed by atoms with van der Waals surface area (Å²) in [5, 5.41) is 4.27. The van der Waals surface area contributed by atoms with Gasteiger partial charge in [0.25, 0.3) is 5.91 Å². The van der Waals surface area contributed by atoms with E-state index in [1.165, 1.54) is 11.3 Å². The van der Waals surface area contributed by atoms with Crippen LogP contribution in [-0.2, 0) is 6.42 Å². The van der Waals surface area contributed by atoms with E-state index in [0.717, 1.165) is 54.1 Å². The molecule has 0 saturated carbocycles. The van der Waals surface area contributed by atoms with Crippen molar-refractivity contribution in [1.29, 1.82) is 0 Å². The van der Waals surface area contributed by atoms with Crippen molar-refractivity contribution in [2.24, 2.45) is 0 Å². The third-order valence-electron chi connectivity index (χ3n) is 6.00. The lowest BCUT2D eigenvalue weighted by molar-refractivity contribution is 0.103. The Morgan fingerprint density at radius 2 is 1.88 bits per heavy atom. The Morgan fingerprint density at radius 1 is 1.15 bits per heavy atom. The molecule has 9 heteroatoms. The second-order valence-electron chi connectivity index (χ2n) is 9.59. The van der Waals surface area contributed by atoms with Gasteiger partial charge in [-0.1, -0.05) is 23.7 Å². The fourth-order valence-electron chi connectivity index (χ4n) is 4.09. The fourth-order valence-corrected chi connectivity index (χ4v) is 5.19. The lowest BCUT2D eigenvalue weighted by Crippen LogP contribution is -2.53. The number of thiazole rings is 1. The van der Waals surface area contributed by atoms with Crippen molar-refractivity contribution in [1.82, 2.24) is 19.9 Å². The van der Waals surface area contributed by atoms with E-state index in [9.17, 15) is 4.79 Å². The van der Waals surface area contributed by atoms with Crippen molar-refractivity contribution >= 4 is 40.4 Å². The number of para-hydroxylation sites is 1. The maximum Gasteiger partial charge on any atom is 0.267 e. The second-order valence-corrected chi connectivity index (χ2v) is 11.1. The molecule has 1 saturated heterocycles. The summed E-state index contributed by atoms with van der Waals surface area (Å²) in [6, 6.07) is 7.59.